The molecule has 1 aromatic rings. The number of nitrogens with one attached hydrogen (secondary N) is 1. The van der Waals surface area contributed by atoms with Gasteiger partial charge in [-0.15, -0.1) is 0 Å². The molecule has 1 aliphatic heterocycles. The molecule has 0 saturated heterocycles. The van der Waals surface area contributed by atoms with Crippen molar-refractivity contribution in [1.29, 1.82) is 0 Å². The van der Waals surface area contributed by atoms with Gasteiger partial charge in [-0.05, 0) is 121 Å². The lowest BCUT2D eigenvalue weighted by atomic mass is 9.89. The van der Waals surface area contributed by atoms with Crippen LogP contribution in [0.3, 0.4) is 0 Å². The number of aryl methyl sites for hydroxylation is 1. The van der Waals surface area contributed by atoms with Gasteiger partial charge in [0.2, 0.25) is 0 Å². The van der Waals surface area contributed by atoms with E-state index < -0.39 is 0 Å². The van der Waals surface area contributed by atoms with Crippen LogP contribution < -0.4 is 5.32 Å². The van der Waals surface area contributed by atoms with Crippen molar-refractivity contribution >= 4 is 23.4 Å². The van der Waals surface area contributed by atoms with Gasteiger partial charge < -0.3 is 15.1 Å². The number of urea groups is 1. The van der Waals surface area contributed by atoms with Crippen LogP contribution in [0.25, 0.3) is 0 Å². The summed E-state index contributed by atoms with van der Waals surface area (Å²) in [6, 6.07) is 8.01. The quantitative estimate of drug-likeness (QED) is 0.249. The first-order valence-corrected chi connectivity index (χ1v) is 16.8. The van der Waals surface area contributed by atoms with Crippen LogP contribution in [0.1, 0.15) is 104 Å². The lowest BCUT2D eigenvalue weighted by Gasteiger charge is -2.34. The summed E-state index contributed by atoms with van der Waals surface area (Å²) in [6.45, 7) is 13.4. The number of alkyl halides is 1. The summed E-state index contributed by atoms with van der Waals surface area (Å²) in [5, 5.41) is 3.82. The molecule has 1 N–H and O–H groups in total. The molecule has 44 heavy (non-hydrogen) atoms. The molecule has 1 unspecified atom stereocenters. The summed E-state index contributed by atoms with van der Waals surface area (Å²) in [7, 11) is 0. The number of amides is 2. The van der Waals surface area contributed by atoms with Gasteiger partial charge in [0.15, 0.2) is 5.78 Å². The minimum atomic E-state index is -0.336. The van der Waals surface area contributed by atoms with E-state index in [1.54, 1.807) is 4.90 Å². The zero-order valence-electron chi connectivity index (χ0n) is 27.8. The molecule has 5 nitrogen and oxygen atoms in total. The fourth-order valence-corrected chi connectivity index (χ4v) is 6.21. The van der Waals surface area contributed by atoms with Crippen LogP contribution in [0, 0.1) is 5.92 Å². The second-order valence-corrected chi connectivity index (χ2v) is 13.2. The standard InChI is InChI=1S/C37H53ClFN3O2/c1-7-27(4)34(42(23-11-10-22-39)35-21-19-33(38)18-14-28(5)29(35)6)20-17-31-16-15-30-12-8-9-13-32(30)24-41(25-36(31)43)37(44)40-26(2)3/h8-9,12-13,19,21,26,31H,7,10-11,14-18,20,22-25H2,1-6H3,(H,40,44). The van der Waals surface area contributed by atoms with Gasteiger partial charge >= 0.3 is 6.03 Å². The number of unbranched alkanes of at least 4 members (excludes halogenated alkanes) is 1. The summed E-state index contributed by atoms with van der Waals surface area (Å²) in [4.78, 5) is 31.1. The van der Waals surface area contributed by atoms with Crippen LogP contribution in [-0.2, 0) is 17.8 Å². The summed E-state index contributed by atoms with van der Waals surface area (Å²) >= 11 is 6.54. The smallest absolute Gasteiger partial charge is 0.318 e. The van der Waals surface area contributed by atoms with Gasteiger partial charge in [-0.25, -0.2) is 4.79 Å². The molecule has 7 heteroatoms. The van der Waals surface area contributed by atoms with Crippen molar-refractivity contribution in [3.8, 4) is 0 Å². The molecule has 242 valence electrons. The molecule has 3 rings (SSSR count). The minimum absolute atomic E-state index is 0.0159. The normalized spacial score (nSPS) is 18.7. The van der Waals surface area contributed by atoms with Gasteiger partial charge in [-0.3, -0.25) is 9.18 Å². The van der Waals surface area contributed by atoms with Gasteiger partial charge in [0.05, 0.1) is 13.2 Å². The van der Waals surface area contributed by atoms with E-state index >= 15 is 0 Å². The van der Waals surface area contributed by atoms with Crippen molar-refractivity contribution in [2.24, 2.45) is 5.92 Å². The molecule has 0 saturated carbocycles. The third-order valence-corrected chi connectivity index (χ3v) is 9.38. The molecule has 1 atom stereocenters. The second-order valence-electron chi connectivity index (χ2n) is 12.7. The van der Waals surface area contributed by atoms with Crippen molar-refractivity contribution in [3.63, 3.8) is 0 Å². The Bertz CT molecular complexity index is 1280. The Morgan fingerprint density at radius 2 is 1.82 bits per heavy atom. The maximum absolute atomic E-state index is 13.9. The minimum Gasteiger partial charge on any atom is -0.345 e. The van der Waals surface area contributed by atoms with Gasteiger partial charge in [-0.1, -0.05) is 53.9 Å². The molecule has 1 heterocycles. The third kappa shape index (κ3) is 10.1. The van der Waals surface area contributed by atoms with Crippen LogP contribution in [0.15, 0.2) is 69.6 Å². The molecular weight excluding hydrogens is 573 g/mol. The van der Waals surface area contributed by atoms with Gasteiger partial charge in [0.25, 0.3) is 0 Å². The van der Waals surface area contributed by atoms with Crippen LogP contribution in [0.5, 0.6) is 0 Å². The summed E-state index contributed by atoms with van der Waals surface area (Å²) in [6.07, 6.45) is 10.9. The van der Waals surface area contributed by atoms with Crippen LogP contribution in [0.2, 0.25) is 0 Å². The number of halogens is 2. The molecule has 1 aromatic carbocycles. The number of Topliss-reactive ketones (excluding diaryl/α,β-unsaturated/α-hetero) is 1. The van der Waals surface area contributed by atoms with Crippen molar-refractivity contribution in [2.45, 2.75) is 112 Å². The SMILES string of the molecule is CCC(C)=C(CCC1CCc2ccccc2CN(C(=O)NC(C)C)CC1=O)N(CCCCF)C1=CC=C(Cl)CCC(C)=C1C. The highest BCUT2D eigenvalue weighted by atomic mass is 35.5. The van der Waals surface area contributed by atoms with E-state index in [1.807, 2.05) is 32.1 Å². The molecule has 0 radical (unpaired) electrons. The molecule has 0 bridgehead atoms. The number of ketones is 1. The Morgan fingerprint density at radius 3 is 2.50 bits per heavy atom. The zero-order valence-corrected chi connectivity index (χ0v) is 28.5. The third-order valence-electron chi connectivity index (χ3n) is 9.06. The Morgan fingerprint density at radius 1 is 1.09 bits per heavy atom. The summed E-state index contributed by atoms with van der Waals surface area (Å²) < 4.78 is 13.3. The average Bonchev–Trinajstić information content (AvgIpc) is 3.06. The number of carbonyl (C=O) groups is 2. The summed E-state index contributed by atoms with van der Waals surface area (Å²) in [5.41, 5.74) is 8.41. The Labute approximate surface area is 270 Å². The van der Waals surface area contributed by atoms with Gasteiger partial charge in [0.1, 0.15) is 0 Å². The van der Waals surface area contributed by atoms with E-state index in [-0.39, 0.29) is 37.0 Å². The number of hydrogen-bond donors (Lipinski definition) is 1. The molecule has 2 aliphatic rings. The largest absolute Gasteiger partial charge is 0.345 e. The molecule has 0 aromatic heterocycles. The predicted octanol–water partition coefficient (Wildman–Crippen LogP) is 9.39. The van der Waals surface area contributed by atoms with E-state index in [1.165, 1.54) is 28.0 Å². The van der Waals surface area contributed by atoms with E-state index in [0.29, 0.717) is 25.9 Å². The Kier molecular flexibility index (Phi) is 14.2. The Balaban J connectivity index is 1.96. The number of hydrogen-bond acceptors (Lipinski definition) is 3. The van der Waals surface area contributed by atoms with Crippen molar-refractivity contribution in [1.82, 2.24) is 15.1 Å². The lowest BCUT2D eigenvalue weighted by Crippen LogP contribution is -2.45. The second kappa shape index (κ2) is 17.6. The number of rotatable bonds is 11. The van der Waals surface area contributed by atoms with Crippen molar-refractivity contribution in [3.05, 3.63) is 80.7 Å². The first-order chi connectivity index (χ1) is 21.0. The molecule has 0 fully saturated rings. The topological polar surface area (TPSA) is 52.7 Å². The number of benzene rings is 1. The number of carbonyl (C=O) groups excluding carboxylic acids is 2. The van der Waals surface area contributed by atoms with E-state index in [9.17, 15) is 14.0 Å². The fourth-order valence-electron chi connectivity index (χ4n) is 6.05. The highest BCUT2D eigenvalue weighted by molar-refractivity contribution is 6.29. The van der Waals surface area contributed by atoms with E-state index in [2.05, 4.69) is 56.1 Å². The highest BCUT2D eigenvalue weighted by Gasteiger charge is 2.28. The number of allylic oxidation sites excluding steroid dienone is 7. The molecule has 1 aliphatic carbocycles. The number of fused-ring (bicyclic) bond motifs is 1. The summed E-state index contributed by atoms with van der Waals surface area (Å²) in [5.74, 6) is -0.0668. The monoisotopic (exact) mass is 625 g/mol. The molecule has 0 spiro atoms. The molecular formula is C37H53ClFN3O2. The van der Waals surface area contributed by atoms with Gasteiger partial charge in [0, 0.05) is 41.5 Å². The first-order valence-electron chi connectivity index (χ1n) is 16.5. The molecule has 2 amide bonds. The van der Waals surface area contributed by atoms with Crippen molar-refractivity contribution in [2.75, 3.05) is 19.8 Å². The first kappa shape index (κ1) is 35.6. The Hall–Kier alpha value is -2.86. The average molecular weight is 626 g/mol. The lowest BCUT2D eigenvalue weighted by molar-refractivity contribution is -0.123. The van der Waals surface area contributed by atoms with E-state index in [4.69, 9.17) is 11.6 Å². The zero-order chi connectivity index (χ0) is 32.2. The maximum Gasteiger partial charge on any atom is 0.318 e. The van der Waals surface area contributed by atoms with Crippen LogP contribution >= 0.6 is 11.6 Å². The fraction of sp³-hybridized carbons (Fsp3) is 0.568. The maximum atomic E-state index is 13.9. The highest BCUT2D eigenvalue weighted by Crippen LogP contribution is 2.34. The van der Waals surface area contributed by atoms with Crippen LogP contribution in [-0.4, -0.2) is 47.4 Å². The van der Waals surface area contributed by atoms with Crippen LogP contribution in [0.4, 0.5) is 9.18 Å². The van der Waals surface area contributed by atoms with Crippen molar-refractivity contribution < 1.29 is 14.0 Å². The number of nitrogens with zero attached hydrogens (tertiary/aromatic N) is 2. The predicted molar refractivity (Wildman–Crippen MR) is 181 cm³/mol. The van der Waals surface area contributed by atoms with E-state index in [0.717, 1.165) is 61.2 Å². The van der Waals surface area contributed by atoms with Gasteiger partial charge in [-0.2, -0.15) is 0 Å².